The number of aliphatic hydroxyl groups is 3. The summed E-state index contributed by atoms with van der Waals surface area (Å²) in [4.78, 5) is 10.8. The van der Waals surface area contributed by atoms with E-state index in [1.54, 1.807) is 0 Å². The molecule has 22 heavy (non-hydrogen) atoms. The molecule has 0 spiro atoms. The third-order valence-electron chi connectivity index (χ3n) is 3.38. The molecule has 0 aliphatic carbocycles. The highest BCUT2D eigenvalue weighted by molar-refractivity contribution is 5.65. The molecule has 1 aromatic carbocycles. The van der Waals surface area contributed by atoms with E-state index in [1.807, 2.05) is 30.3 Å². The van der Waals surface area contributed by atoms with Crippen LogP contribution in [0.25, 0.3) is 0 Å². The van der Waals surface area contributed by atoms with Crippen molar-refractivity contribution < 1.29 is 34.3 Å². The second-order valence-electron chi connectivity index (χ2n) is 5.11. The second-order valence-corrected chi connectivity index (χ2v) is 5.11. The zero-order valence-corrected chi connectivity index (χ0v) is 12.2. The Morgan fingerprint density at radius 3 is 2.45 bits per heavy atom. The first-order valence-electron chi connectivity index (χ1n) is 6.97. The van der Waals surface area contributed by atoms with E-state index in [4.69, 9.17) is 14.2 Å². The van der Waals surface area contributed by atoms with Crippen molar-refractivity contribution in [2.24, 2.45) is 0 Å². The third kappa shape index (κ3) is 4.25. The van der Waals surface area contributed by atoms with E-state index >= 15 is 0 Å². The third-order valence-corrected chi connectivity index (χ3v) is 3.38. The van der Waals surface area contributed by atoms with Gasteiger partial charge in [0.25, 0.3) is 0 Å². The monoisotopic (exact) mass is 312 g/mol. The summed E-state index contributed by atoms with van der Waals surface area (Å²) in [6.45, 7) is 1.17. The minimum atomic E-state index is -1.45. The number of aliphatic hydroxyl groups excluding tert-OH is 3. The minimum absolute atomic E-state index is 0.172. The van der Waals surface area contributed by atoms with Crippen molar-refractivity contribution >= 4 is 5.97 Å². The Balaban J connectivity index is 1.95. The molecule has 0 radical (unpaired) electrons. The lowest BCUT2D eigenvalue weighted by Crippen LogP contribution is -2.59. The van der Waals surface area contributed by atoms with E-state index in [-0.39, 0.29) is 13.2 Å². The zero-order chi connectivity index (χ0) is 16.1. The number of rotatable bonds is 5. The fraction of sp³-hybridized carbons (Fsp3) is 0.533. The van der Waals surface area contributed by atoms with E-state index in [0.29, 0.717) is 0 Å². The van der Waals surface area contributed by atoms with Gasteiger partial charge in [0.05, 0.1) is 6.61 Å². The van der Waals surface area contributed by atoms with Crippen LogP contribution < -0.4 is 0 Å². The van der Waals surface area contributed by atoms with E-state index in [0.717, 1.165) is 5.56 Å². The van der Waals surface area contributed by atoms with Gasteiger partial charge in [-0.2, -0.15) is 0 Å². The summed E-state index contributed by atoms with van der Waals surface area (Å²) in [6, 6.07) is 9.25. The van der Waals surface area contributed by atoms with Crippen LogP contribution in [-0.4, -0.2) is 58.6 Å². The number of benzene rings is 1. The molecular weight excluding hydrogens is 292 g/mol. The fourth-order valence-electron chi connectivity index (χ4n) is 2.14. The van der Waals surface area contributed by atoms with Crippen LogP contribution >= 0.6 is 0 Å². The SMILES string of the molecule is CC(=O)OC[C@@H]1O[C@@H](OCc2ccccc2)[C@H](O)[C@H](O)[C@H]1O. The maximum absolute atomic E-state index is 10.8. The minimum Gasteiger partial charge on any atom is -0.463 e. The van der Waals surface area contributed by atoms with Gasteiger partial charge in [-0.1, -0.05) is 30.3 Å². The quantitative estimate of drug-likeness (QED) is 0.634. The molecular formula is C15H20O7. The van der Waals surface area contributed by atoms with Gasteiger partial charge >= 0.3 is 5.97 Å². The molecule has 7 heteroatoms. The number of ether oxygens (including phenoxy) is 3. The van der Waals surface area contributed by atoms with Gasteiger partial charge in [-0.05, 0) is 5.56 Å². The van der Waals surface area contributed by atoms with E-state index in [9.17, 15) is 20.1 Å². The Morgan fingerprint density at radius 1 is 1.14 bits per heavy atom. The summed E-state index contributed by atoms with van der Waals surface area (Å²) in [7, 11) is 0. The number of esters is 1. The van der Waals surface area contributed by atoms with E-state index in [1.165, 1.54) is 6.92 Å². The molecule has 0 unspecified atom stereocenters. The van der Waals surface area contributed by atoms with E-state index in [2.05, 4.69) is 0 Å². The average molecular weight is 312 g/mol. The molecule has 0 bridgehead atoms. The molecule has 122 valence electrons. The summed E-state index contributed by atoms with van der Waals surface area (Å²) in [5, 5.41) is 29.6. The van der Waals surface area contributed by atoms with Gasteiger partial charge in [-0.25, -0.2) is 0 Å². The highest BCUT2D eigenvalue weighted by Gasteiger charge is 2.44. The maximum Gasteiger partial charge on any atom is 0.302 e. The van der Waals surface area contributed by atoms with Crippen LogP contribution in [0.3, 0.4) is 0 Å². The molecule has 5 atom stereocenters. The largest absolute Gasteiger partial charge is 0.463 e. The predicted octanol–water partition coefficient (Wildman–Crippen LogP) is -0.426. The summed E-state index contributed by atoms with van der Waals surface area (Å²) in [6.07, 6.45) is -6.31. The Morgan fingerprint density at radius 2 is 1.82 bits per heavy atom. The van der Waals surface area contributed by atoms with Gasteiger partial charge in [0.15, 0.2) is 6.29 Å². The number of carbonyl (C=O) groups excluding carboxylic acids is 1. The number of hydrogen-bond donors (Lipinski definition) is 3. The van der Waals surface area contributed by atoms with Crippen molar-refractivity contribution in [2.45, 2.75) is 44.2 Å². The molecule has 1 aromatic rings. The standard InChI is InChI=1S/C15H20O7/c1-9(16)20-8-11-12(17)13(18)14(19)15(22-11)21-7-10-5-3-2-4-6-10/h2-6,11-15,17-19H,7-8H2,1H3/t11-,12-,13+,14+,15+/m0/s1. The first-order valence-corrected chi connectivity index (χ1v) is 6.97. The van der Waals surface area contributed by atoms with Crippen molar-refractivity contribution in [3.8, 4) is 0 Å². The molecule has 1 saturated heterocycles. The lowest BCUT2D eigenvalue weighted by molar-refractivity contribution is -0.304. The van der Waals surface area contributed by atoms with Crippen LogP contribution in [0.15, 0.2) is 30.3 Å². The first kappa shape index (κ1) is 16.9. The average Bonchev–Trinajstić information content (AvgIpc) is 2.52. The molecule has 7 nitrogen and oxygen atoms in total. The molecule has 1 fully saturated rings. The van der Waals surface area contributed by atoms with Crippen LogP contribution in [0, 0.1) is 0 Å². The van der Waals surface area contributed by atoms with Gasteiger partial charge in [0, 0.05) is 6.92 Å². The Bertz CT molecular complexity index is 478. The van der Waals surface area contributed by atoms with Crippen LogP contribution in [0.1, 0.15) is 12.5 Å². The molecule has 2 rings (SSSR count). The van der Waals surface area contributed by atoms with Crippen molar-refractivity contribution in [3.63, 3.8) is 0 Å². The summed E-state index contributed by atoms with van der Waals surface area (Å²) in [5.41, 5.74) is 0.871. The second kappa shape index (κ2) is 7.66. The normalized spacial score (nSPS) is 31.7. The number of hydrogen-bond acceptors (Lipinski definition) is 7. The lowest BCUT2D eigenvalue weighted by atomic mass is 9.99. The van der Waals surface area contributed by atoms with Gasteiger partial charge in [-0.15, -0.1) is 0 Å². The highest BCUT2D eigenvalue weighted by Crippen LogP contribution is 2.23. The molecule has 3 N–H and O–H groups in total. The first-order chi connectivity index (χ1) is 10.5. The summed E-state index contributed by atoms with van der Waals surface area (Å²) in [5.74, 6) is -0.529. The van der Waals surface area contributed by atoms with Gasteiger partial charge in [0.2, 0.25) is 0 Å². The molecule has 0 amide bonds. The van der Waals surface area contributed by atoms with Crippen molar-refractivity contribution in [2.75, 3.05) is 6.61 Å². The number of carbonyl (C=O) groups is 1. The molecule has 0 aromatic heterocycles. The van der Waals surface area contributed by atoms with Crippen LogP contribution in [-0.2, 0) is 25.6 Å². The van der Waals surface area contributed by atoms with Crippen molar-refractivity contribution in [1.29, 1.82) is 0 Å². The molecule has 0 saturated carbocycles. The molecule has 1 aliphatic rings. The lowest BCUT2D eigenvalue weighted by Gasteiger charge is -2.39. The summed E-state index contributed by atoms with van der Waals surface area (Å²) < 4.78 is 15.6. The Hall–Kier alpha value is -1.51. The smallest absolute Gasteiger partial charge is 0.302 e. The topological polar surface area (TPSA) is 105 Å². The molecule has 1 heterocycles. The Labute approximate surface area is 128 Å². The van der Waals surface area contributed by atoms with Crippen LogP contribution in [0.2, 0.25) is 0 Å². The molecule has 1 aliphatic heterocycles. The van der Waals surface area contributed by atoms with Crippen molar-refractivity contribution in [1.82, 2.24) is 0 Å². The summed E-state index contributed by atoms with van der Waals surface area (Å²) >= 11 is 0. The van der Waals surface area contributed by atoms with Crippen LogP contribution in [0.4, 0.5) is 0 Å². The van der Waals surface area contributed by atoms with E-state index < -0.39 is 36.7 Å². The fourth-order valence-corrected chi connectivity index (χ4v) is 2.14. The van der Waals surface area contributed by atoms with Gasteiger partial charge in [-0.3, -0.25) is 4.79 Å². The van der Waals surface area contributed by atoms with Crippen molar-refractivity contribution in [3.05, 3.63) is 35.9 Å². The Kier molecular flexibility index (Phi) is 5.87. The van der Waals surface area contributed by atoms with Gasteiger partial charge in [0.1, 0.15) is 31.0 Å². The van der Waals surface area contributed by atoms with Gasteiger partial charge < -0.3 is 29.5 Å². The highest BCUT2D eigenvalue weighted by atomic mass is 16.7. The van der Waals surface area contributed by atoms with Crippen LogP contribution in [0.5, 0.6) is 0 Å². The predicted molar refractivity (Wildman–Crippen MR) is 74.5 cm³/mol. The maximum atomic E-state index is 10.8. The zero-order valence-electron chi connectivity index (χ0n) is 12.2.